The lowest BCUT2D eigenvalue weighted by atomic mass is 9.96. The molecule has 7 nitrogen and oxygen atoms in total. The summed E-state index contributed by atoms with van der Waals surface area (Å²) < 4.78 is 0. The number of nitrogens with zero attached hydrogens (tertiary/aromatic N) is 3. The number of carbonyl (C=O) groups is 2. The highest BCUT2D eigenvalue weighted by atomic mass is 35.5. The van der Waals surface area contributed by atoms with Crippen LogP contribution in [0.3, 0.4) is 0 Å². The van der Waals surface area contributed by atoms with Crippen LogP contribution >= 0.6 is 22.9 Å². The highest BCUT2D eigenvalue weighted by molar-refractivity contribution is 7.13. The van der Waals surface area contributed by atoms with Crippen molar-refractivity contribution in [2.75, 3.05) is 18.4 Å². The molecule has 1 fully saturated rings. The normalized spacial score (nSPS) is 15.2. The van der Waals surface area contributed by atoms with Crippen molar-refractivity contribution in [3.8, 4) is 0 Å². The van der Waals surface area contributed by atoms with E-state index in [0.717, 1.165) is 0 Å². The van der Waals surface area contributed by atoms with E-state index in [2.05, 4.69) is 15.3 Å². The Morgan fingerprint density at radius 1 is 1.36 bits per heavy atom. The summed E-state index contributed by atoms with van der Waals surface area (Å²) in [5.74, 6) is 0.263. The number of piperidine rings is 1. The van der Waals surface area contributed by atoms with E-state index >= 15 is 0 Å². The lowest BCUT2D eigenvalue weighted by Crippen LogP contribution is -2.42. The first-order chi connectivity index (χ1) is 12.0. The number of amides is 2. The molecule has 25 heavy (non-hydrogen) atoms. The molecule has 0 unspecified atom stereocenters. The molecule has 1 saturated heterocycles. The van der Waals surface area contributed by atoms with Gasteiger partial charge in [-0.3, -0.25) is 9.59 Å². The standard InChI is InChI=1S/C16H18ClN5O2S/c17-11-1-2-13(19-8-11)21-16-20-12(9-25-16)7-14(23)22-5-3-10(4-6-22)15(18)24/h1-2,8-10H,3-7H2,(H2,18,24)(H,19,20,21). The number of nitrogens with two attached hydrogens (primary N) is 1. The van der Waals surface area contributed by atoms with Crippen molar-refractivity contribution in [2.45, 2.75) is 19.3 Å². The van der Waals surface area contributed by atoms with Crippen LogP contribution in [0, 0.1) is 5.92 Å². The molecule has 132 valence electrons. The van der Waals surface area contributed by atoms with Gasteiger partial charge in [-0.25, -0.2) is 9.97 Å². The van der Waals surface area contributed by atoms with E-state index in [9.17, 15) is 9.59 Å². The van der Waals surface area contributed by atoms with Gasteiger partial charge in [-0.1, -0.05) is 11.6 Å². The van der Waals surface area contributed by atoms with Crippen LogP contribution in [0.5, 0.6) is 0 Å². The van der Waals surface area contributed by atoms with Gasteiger partial charge < -0.3 is 16.0 Å². The van der Waals surface area contributed by atoms with Gasteiger partial charge in [0.25, 0.3) is 0 Å². The number of thiazole rings is 1. The van der Waals surface area contributed by atoms with Crippen LogP contribution in [0.1, 0.15) is 18.5 Å². The zero-order chi connectivity index (χ0) is 17.8. The van der Waals surface area contributed by atoms with Crippen LogP contribution in [-0.4, -0.2) is 39.8 Å². The van der Waals surface area contributed by atoms with E-state index in [1.807, 2.05) is 5.38 Å². The first kappa shape index (κ1) is 17.6. The molecular weight excluding hydrogens is 362 g/mol. The molecule has 0 aromatic carbocycles. The largest absolute Gasteiger partial charge is 0.369 e. The monoisotopic (exact) mass is 379 g/mol. The number of carbonyl (C=O) groups excluding carboxylic acids is 2. The van der Waals surface area contributed by atoms with Crippen LogP contribution in [-0.2, 0) is 16.0 Å². The fourth-order valence-electron chi connectivity index (χ4n) is 2.69. The molecule has 2 aromatic heterocycles. The summed E-state index contributed by atoms with van der Waals surface area (Å²) in [6.07, 6.45) is 3.06. The summed E-state index contributed by atoms with van der Waals surface area (Å²) in [6.45, 7) is 1.13. The maximum absolute atomic E-state index is 12.4. The zero-order valence-corrected chi connectivity index (χ0v) is 15.0. The first-order valence-electron chi connectivity index (χ1n) is 7.91. The van der Waals surface area contributed by atoms with E-state index in [0.29, 0.717) is 47.6 Å². The average Bonchev–Trinajstić information content (AvgIpc) is 3.04. The van der Waals surface area contributed by atoms with Gasteiger partial charge in [0.05, 0.1) is 17.1 Å². The molecule has 2 amide bonds. The summed E-state index contributed by atoms with van der Waals surface area (Å²) in [4.78, 5) is 33.9. The number of nitrogens with one attached hydrogen (secondary N) is 1. The summed E-state index contributed by atoms with van der Waals surface area (Å²) in [6, 6.07) is 3.50. The van der Waals surface area contributed by atoms with E-state index in [1.165, 1.54) is 11.3 Å². The third-order valence-corrected chi connectivity index (χ3v) is 5.13. The maximum atomic E-state index is 12.4. The van der Waals surface area contributed by atoms with Crippen LogP contribution in [0.25, 0.3) is 0 Å². The van der Waals surface area contributed by atoms with Gasteiger partial charge in [-0.15, -0.1) is 11.3 Å². The molecule has 9 heteroatoms. The molecule has 3 heterocycles. The minimum Gasteiger partial charge on any atom is -0.369 e. The second kappa shape index (κ2) is 7.79. The number of anilines is 2. The van der Waals surface area contributed by atoms with Gasteiger partial charge in [0, 0.05) is 30.6 Å². The minimum atomic E-state index is -0.280. The van der Waals surface area contributed by atoms with Crippen molar-refractivity contribution in [3.05, 3.63) is 34.4 Å². The molecule has 0 spiro atoms. The number of aromatic nitrogens is 2. The topological polar surface area (TPSA) is 101 Å². The molecule has 3 N–H and O–H groups in total. The first-order valence-corrected chi connectivity index (χ1v) is 9.17. The van der Waals surface area contributed by atoms with Gasteiger partial charge >= 0.3 is 0 Å². The van der Waals surface area contributed by atoms with E-state index in [4.69, 9.17) is 17.3 Å². The number of hydrogen-bond acceptors (Lipinski definition) is 6. The Morgan fingerprint density at radius 3 is 2.76 bits per heavy atom. The van der Waals surface area contributed by atoms with Crippen molar-refractivity contribution in [3.63, 3.8) is 0 Å². The van der Waals surface area contributed by atoms with E-state index < -0.39 is 0 Å². The fraction of sp³-hybridized carbons (Fsp3) is 0.375. The summed E-state index contributed by atoms with van der Waals surface area (Å²) in [7, 11) is 0. The van der Waals surface area contributed by atoms with Gasteiger partial charge in [-0.2, -0.15) is 0 Å². The van der Waals surface area contributed by atoms with Gasteiger partial charge in [-0.05, 0) is 25.0 Å². The molecule has 2 aromatic rings. The number of hydrogen-bond donors (Lipinski definition) is 2. The fourth-order valence-corrected chi connectivity index (χ4v) is 3.51. The highest BCUT2D eigenvalue weighted by Crippen LogP contribution is 2.22. The number of likely N-dealkylation sites (tertiary alicyclic amines) is 1. The Balaban J connectivity index is 1.53. The lowest BCUT2D eigenvalue weighted by molar-refractivity contribution is -0.134. The predicted molar refractivity (Wildman–Crippen MR) is 96.8 cm³/mol. The van der Waals surface area contributed by atoms with Crippen molar-refractivity contribution in [2.24, 2.45) is 11.7 Å². The Bertz CT molecular complexity index is 756. The quantitative estimate of drug-likeness (QED) is 0.829. The van der Waals surface area contributed by atoms with Crippen molar-refractivity contribution >= 4 is 45.7 Å². The Kier molecular flexibility index (Phi) is 5.50. The molecular formula is C16H18ClN5O2S. The third-order valence-electron chi connectivity index (χ3n) is 4.10. The molecule has 0 bridgehead atoms. The smallest absolute Gasteiger partial charge is 0.228 e. The third kappa shape index (κ3) is 4.67. The Morgan fingerprint density at radius 2 is 2.12 bits per heavy atom. The van der Waals surface area contributed by atoms with Gasteiger partial charge in [0.1, 0.15) is 5.82 Å². The van der Waals surface area contributed by atoms with Crippen LogP contribution in [0.2, 0.25) is 5.02 Å². The predicted octanol–water partition coefficient (Wildman–Crippen LogP) is 2.20. The van der Waals surface area contributed by atoms with E-state index in [-0.39, 0.29) is 24.2 Å². The Labute approximate surface area is 154 Å². The lowest BCUT2D eigenvalue weighted by Gasteiger charge is -2.30. The van der Waals surface area contributed by atoms with Crippen molar-refractivity contribution < 1.29 is 9.59 Å². The van der Waals surface area contributed by atoms with Crippen molar-refractivity contribution in [1.82, 2.24) is 14.9 Å². The molecule has 0 saturated carbocycles. The van der Waals surface area contributed by atoms with E-state index in [1.54, 1.807) is 23.2 Å². The maximum Gasteiger partial charge on any atom is 0.228 e. The van der Waals surface area contributed by atoms with Gasteiger partial charge in [0.2, 0.25) is 11.8 Å². The van der Waals surface area contributed by atoms with Crippen LogP contribution < -0.4 is 11.1 Å². The molecule has 1 aliphatic heterocycles. The van der Waals surface area contributed by atoms with Crippen LogP contribution in [0.15, 0.2) is 23.7 Å². The van der Waals surface area contributed by atoms with Crippen molar-refractivity contribution in [1.29, 1.82) is 0 Å². The number of pyridine rings is 1. The second-order valence-corrected chi connectivity index (χ2v) is 7.16. The van der Waals surface area contributed by atoms with Crippen LogP contribution in [0.4, 0.5) is 10.9 Å². The number of rotatable bonds is 5. The molecule has 0 aliphatic carbocycles. The second-order valence-electron chi connectivity index (χ2n) is 5.86. The summed E-state index contributed by atoms with van der Waals surface area (Å²) >= 11 is 7.22. The molecule has 1 aliphatic rings. The Hall–Kier alpha value is -2.19. The molecule has 0 radical (unpaired) electrons. The highest BCUT2D eigenvalue weighted by Gasteiger charge is 2.26. The number of halogens is 1. The SMILES string of the molecule is NC(=O)C1CCN(C(=O)Cc2csc(Nc3ccc(Cl)cn3)n2)CC1. The molecule has 0 atom stereocenters. The zero-order valence-electron chi connectivity index (χ0n) is 13.4. The summed E-state index contributed by atoms with van der Waals surface area (Å²) in [5.41, 5.74) is 6.03. The molecule has 3 rings (SSSR count). The average molecular weight is 380 g/mol. The summed E-state index contributed by atoms with van der Waals surface area (Å²) in [5, 5.41) is 6.17. The number of primary amides is 1. The minimum absolute atomic E-state index is 0.0180. The van der Waals surface area contributed by atoms with Gasteiger partial charge in [0.15, 0.2) is 5.13 Å².